The van der Waals surface area contributed by atoms with Crippen LogP contribution in [0, 0.1) is 6.92 Å². The molecule has 2 rings (SSSR count). The fourth-order valence-corrected chi connectivity index (χ4v) is 2.82. The lowest BCUT2D eigenvalue weighted by molar-refractivity contribution is 0.0739. The van der Waals surface area contributed by atoms with Crippen LogP contribution in [0.3, 0.4) is 0 Å². The second-order valence-electron chi connectivity index (χ2n) is 5.74. The first-order chi connectivity index (χ1) is 8.94. The van der Waals surface area contributed by atoms with Gasteiger partial charge in [0.2, 0.25) is 0 Å². The number of nitrogens with zero attached hydrogens (tertiary/aromatic N) is 1. The summed E-state index contributed by atoms with van der Waals surface area (Å²) >= 11 is 5.12. The van der Waals surface area contributed by atoms with Crippen LogP contribution < -0.4 is 11.1 Å². The molecule has 0 atom stereocenters. The molecule has 0 heterocycles. The Kier molecular flexibility index (Phi) is 4.11. The Hall–Kier alpha value is -1.13. The fourth-order valence-electron chi connectivity index (χ4n) is 2.65. The highest BCUT2D eigenvalue weighted by atomic mass is 32.1. The van der Waals surface area contributed by atoms with E-state index in [4.69, 9.17) is 18.0 Å². The zero-order valence-electron chi connectivity index (χ0n) is 12.0. The van der Waals surface area contributed by atoms with Crippen molar-refractivity contribution in [2.45, 2.75) is 31.7 Å². The number of rotatable bonds is 5. The third-order valence-corrected chi connectivity index (χ3v) is 4.50. The highest BCUT2D eigenvalue weighted by Gasteiger charge is 2.38. The number of likely N-dealkylation sites (N-methyl/N-ethyl adjacent to an activating group) is 1. The summed E-state index contributed by atoms with van der Waals surface area (Å²) in [6, 6.07) is 6.17. The lowest BCUT2D eigenvalue weighted by Gasteiger charge is -2.47. The van der Waals surface area contributed by atoms with Crippen molar-refractivity contribution in [3.63, 3.8) is 0 Å². The summed E-state index contributed by atoms with van der Waals surface area (Å²) in [5.41, 5.74) is 9.29. The van der Waals surface area contributed by atoms with E-state index in [1.54, 1.807) is 0 Å². The Labute approximate surface area is 121 Å². The summed E-state index contributed by atoms with van der Waals surface area (Å²) < 4.78 is 0. The molecule has 1 saturated carbocycles. The minimum Gasteiger partial charge on any atom is -0.389 e. The van der Waals surface area contributed by atoms with Crippen molar-refractivity contribution in [3.05, 3.63) is 29.3 Å². The van der Waals surface area contributed by atoms with Gasteiger partial charge in [0, 0.05) is 23.3 Å². The number of benzene rings is 1. The first-order valence-electron chi connectivity index (χ1n) is 6.76. The molecular formula is C15H23N3S. The summed E-state index contributed by atoms with van der Waals surface area (Å²) in [5.74, 6) is 0. The third-order valence-electron chi connectivity index (χ3n) is 4.28. The molecule has 104 valence electrons. The molecule has 0 bridgehead atoms. The van der Waals surface area contributed by atoms with E-state index in [0.29, 0.717) is 4.99 Å². The van der Waals surface area contributed by atoms with Crippen LogP contribution in [0.1, 0.15) is 30.4 Å². The van der Waals surface area contributed by atoms with Crippen LogP contribution in [0.4, 0.5) is 5.69 Å². The van der Waals surface area contributed by atoms with Crippen molar-refractivity contribution in [2.75, 3.05) is 26.0 Å². The smallest absolute Gasteiger partial charge is 0.106 e. The monoisotopic (exact) mass is 277 g/mol. The fraction of sp³-hybridized carbons (Fsp3) is 0.533. The average Bonchev–Trinajstić information content (AvgIpc) is 2.26. The van der Waals surface area contributed by atoms with Gasteiger partial charge in [-0.1, -0.05) is 18.3 Å². The Morgan fingerprint density at radius 2 is 2.11 bits per heavy atom. The molecule has 0 amide bonds. The lowest BCUT2D eigenvalue weighted by Crippen LogP contribution is -2.54. The molecule has 1 aliphatic carbocycles. The van der Waals surface area contributed by atoms with E-state index in [1.165, 1.54) is 24.8 Å². The van der Waals surface area contributed by atoms with Crippen LogP contribution in [0.2, 0.25) is 0 Å². The number of aryl methyl sites for hydroxylation is 1. The third kappa shape index (κ3) is 2.90. The van der Waals surface area contributed by atoms with Crippen molar-refractivity contribution in [1.29, 1.82) is 0 Å². The van der Waals surface area contributed by atoms with Crippen molar-refractivity contribution in [2.24, 2.45) is 5.73 Å². The maximum atomic E-state index is 5.79. The van der Waals surface area contributed by atoms with E-state index in [1.807, 2.05) is 12.1 Å². The van der Waals surface area contributed by atoms with Gasteiger partial charge >= 0.3 is 0 Å². The van der Waals surface area contributed by atoms with Crippen molar-refractivity contribution in [1.82, 2.24) is 4.90 Å². The van der Waals surface area contributed by atoms with Gasteiger partial charge in [-0.3, -0.25) is 0 Å². The van der Waals surface area contributed by atoms with Crippen LogP contribution in [0.25, 0.3) is 0 Å². The molecular weight excluding hydrogens is 254 g/mol. The van der Waals surface area contributed by atoms with E-state index >= 15 is 0 Å². The number of thiocarbonyl (C=S) groups is 1. The van der Waals surface area contributed by atoms with E-state index in [2.05, 4.69) is 37.3 Å². The molecule has 0 spiro atoms. The van der Waals surface area contributed by atoms with Gasteiger partial charge in [-0.2, -0.15) is 0 Å². The Morgan fingerprint density at radius 3 is 2.58 bits per heavy atom. The number of nitrogens with two attached hydrogens (primary N) is 1. The van der Waals surface area contributed by atoms with Gasteiger partial charge in [0.15, 0.2) is 0 Å². The van der Waals surface area contributed by atoms with E-state index in [9.17, 15) is 0 Å². The summed E-state index contributed by atoms with van der Waals surface area (Å²) in [6.45, 7) is 3.03. The van der Waals surface area contributed by atoms with E-state index in [-0.39, 0.29) is 5.54 Å². The van der Waals surface area contributed by atoms with Gasteiger partial charge in [-0.25, -0.2) is 0 Å². The zero-order valence-corrected chi connectivity index (χ0v) is 12.8. The molecule has 1 aromatic rings. The zero-order chi connectivity index (χ0) is 14.0. The molecule has 1 aliphatic rings. The van der Waals surface area contributed by atoms with Gasteiger partial charge in [0.1, 0.15) is 4.99 Å². The normalized spacial score (nSPS) is 17.1. The van der Waals surface area contributed by atoms with Gasteiger partial charge in [-0.15, -0.1) is 0 Å². The standard InChI is InChI=1S/C15H23N3S/c1-11-5-6-12(14(16)19)13(9-11)17-10-15(18(2)3)7-4-8-15/h5-6,9,17H,4,7-8,10H2,1-3H3,(H2,16,19). The molecule has 4 heteroatoms. The first-order valence-corrected chi connectivity index (χ1v) is 7.17. The number of hydrogen-bond acceptors (Lipinski definition) is 3. The maximum Gasteiger partial charge on any atom is 0.106 e. The predicted molar refractivity (Wildman–Crippen MR) is 85.8 cm³/mol. The van der Waals surface area contributed by atoms with E-state index in [0.717, 1.165) is 17.8 Å². The predicted octanol–water partition coefficient (Wildman–Crippen LogP) is 2.53. The van der Waals surface area contributed by atoms with Crippen molar-refractivity contribution >= 4 is 22.9 Å². The van der Waals surface area contributed by atoms with Crippen LogP contribution >= 0.6 is 12.2 Å². The second kappa shape index (κ2) is 5.47. The molecule has 1 fully saturated rings. The molecule has 0 aromatic heterocycles. The van der Waals surface area contributed by atoms with Gasteiger partial charge in [0.05, 0.1) is 0 Å². The van der Waals surface area contributed by atoms with Crippen LogP contribution in [0.15, 0.2) is 18.2 Å². The van der Waals surface area contributed by atoms with Crippen LogP contribution in [-0.2, 0) is 0 Å². The largest absolute Gasteiger partial charge is 0.389 e. The summed E-state index contributed by atoms with van der Waals surface area (Å²) in [7, 11) is 4.32. The van der Waals surface area contributed by atoms with Crippen LogP contribution in [-0.4, -0.2) is 36.1 Å². The molecule has 3 N–H and O–H groups in total. The van der Waals surface area contributed by atoms with Crippen LogP contribution in [0.5, 0.6) is 0 Å². The highest BCUT2D eigenvalue weighted by Crippen LogP contribution is 2.36. The summed E-state index contributed by atoms with van der Waals surface area (Å²) in [4.78, 5) is 2.79. The second-order valence-corrected chi connectivity index (χ2v) is 6.18. The number of nitrogens with one attached hydrogen (secondary N) is 1. The molecule has 19 heavy (non-hydrogen) atoms. The van der Waals surface area contributed by atoms with Gasteiger partial charge in [-0.05, 0) is 58.0 Å². The summed E-state index contributed by atoms with van der Waals surface area (Å²) in [5, 5.41) is 3.55. The van der Waals surface area contributed by atoms with E-state index < -0.39 is 0 Å². The lowest BCUT2D eigenvalue weighted by atomic mass is 9.75. The molecule has 0 saturated heterocycles. The van der Waals surface area contributed by atoms with Crippen molar-refractivity contribution < 1.29 is 0 Å². The maximum absolute atomic E-state index is 5.79. The average molecular weight is 277 g/mol. The quantitative estimate of drug-likeness (QED) is 0.812. The molecule has 0 aliphatic heterocycles. The Morgan fingerprint density at radius 1 is 1.42 bits per heavy atom. The molecule has 1 aromatic carbocycles. The molecule has 0 unspecified atom stereocenters. The minimum absolute atomic E-state index is 0.289. The number of hydrogen-bond donors (Lipinski definition) is 2. The Bertz CT molecular complexity index is 478. The van der Waals surface area contributed by atoms with Gasteiger partial charge in [0.25, 0.3) is 0 Å². The topological polar surface area (TPSA) is 41.3 Å². The Balaban J connectivity index is 2.15. The highest BCUT2D eigenvalue weighted by molar-refractivity contribution is 7.80. The van der Waals surface area contributed by atoms with Gasteiger partial charge < -0.3 is 16.0 Å². The SMILES string of the molecule is Cc1ccc(C(N)=S)c(NCC2(N(C)C)CCC2)c1. The number of anilines is 1. The summed E-state index contributed by atoms with van der Waals surface area (Å²) in [6.07, 6.45) is 3.82. The first kappa shape index (κ1) is 14.3. The van der Waals surface area contributed by atoms with Crippen molar-refractivity contribution in [3.8, 4) is 0 Å². The molecule has 0 radical (unpaired) electrons. The minimum atomic E-state index is 0.289. The molecule has 3 nitrogen and oxygen atoms in total.